The van der Waals surface area contributed by atoms with Gasteiger partial charge in [-0.25, -0.2) is 0 Å². The SMILES string of the molecule is O=C(C1CN(Cc2ccccc2Cl)CCO1)N1CCSCC1. The van der Waals surface area contributed by atoms with Crippen molar-refractivity contribution in [2.75, 3.05) is 44.3 Å². The number of morpholine rings is 1. The second kappa shape index (κ2) is 7.68. The van der Waals surface area contributed by atoms with Crippen LogP contribution < -0.4 is 0 Å². The third-order valence-corrected chi connectivity index (χ3v) is 5.41. The minimum Gasteiger partial charge on any atom is -0.366 e. The molecule has 0 bridgehead atoms. The fourth-order valence-electron chi connectivity index (χ4n) is 2.85. The van der Waals surface area contributed by atoms with E-state index in [2.05, 4.69) is 4.90 Å². The summed E-state index contributed by atoms with van der Waals surface area (Å²) in [5.74, 6) is 2.20. The second-order valence-corrected chi connectivity index (χ2v) is 7.26. The van der Waals surface area contributed by atoms with Gasteiger partial charge in [0.15, 0.2) is 0 Å². The average molecular weight is 341 g/mol. The number of nitrogens with zero attached hydrogens (tertiary/aromatic N) is 2. The van der Waals surface area contributed by atoms with Crippen molar-refractivity contribution >= 4 is 29.3 Å². The Morgan fingerprint density at radius 3 is 2.82 bits per heavy atom. The molecule has 1 aromatic carbocycles. The Balaban J connectivity index is 1.59. The van der Waals surface area contributed by atoms with Crippen molar-refractivity contribution in [3.05, 3.63) is 34.9 Å². The quantitative estimate of drug-likeness (QED) is 0.843. The highest BCUT2D eigenvalue weighted by Gasteiger charge is 2.31. The molecule has 2 saturated heterocycles. The van der Waals surface area contributed by atoms with E-state index < -0.39 is 0 Å². The molecule has 0 aliphatic carbocycles. The highest BCUT2D eigenvalue weighted by molar-refractivity contribution is 7.99. The number of ether oxygens (including phenoxy) is 1. The summed E-state index contributed by atoms with van der Waals surface area (Å²) in [4.78, 5) is 16.8. The Morgan fingerprint density at radius 2 is 2.05 bits per heavy atom. The van der Waals surface area contributed by atoms with E-state index in [1.807, 2.05) is 40.9 Å². The minimum atomic E-state index is -0.334. The van der Waals surface area contributed by atoms with Crippen LogP contribution in [0.2, 0.25) is 5.02 Å². The van der Waals surface area contributed by atoms with Gasteiger partial charge in [-0.2, -0.15) is 11.8 Å². The topological polar surface area (TPSA) is 32.8 Å². The van der Waals surface area contributed by atoms with E-state index in [1.165, 1.54) is 0 Å². The molecule has 120 valence electrons. The van der Waals surface area contributed by atoms with Crippen LogP contribution in [0.3, 0.4) is 0 Å². The van der Waals surface area contributed by atoms with E-state index in [-0.39, 0.29) is 12.0 Å². The summed E-state index contributed by atoms with van der Waals surface area (Å²) in [7, 11) is 0. The third kappa shape index (κ3) is 3.96. The summed E-state index contributed by atoms with van der Waals surface area (Å²) < 4.78 is 5.72. The largest absolute Gasteiger partial charge is 0.366 e. The van der Waals surface area contributed by atoms with Gasteiger partial charge in [-0.3, -0.25) is 9.69 Å². The van der Waals surface area contributed by atoms with Crippen molar-refractivity contribution in [1.29, 1.82) is 0 Å². The first kappa shape index (κ1) is 16.1. The molecule has 4 nitrogen and oxygen atoms in total. The Bertz CT molecular complexity index is 523. The molecular weight excluding hydrogens is 320 g/mol. The number of rotatable bonds is 3. The van der Waals surface area contributed by atoms with Gasteiger partial charge in [0.05, 0.1) is 6.61 Å². The maximum Gasteiger partial charge on any atom is 0.253 e. The molecule has 1 aromatic rings. The predicted octanol–water partition coefficient (Wildman–Crippen LogP) is 2.12. The number of carbonyl (C=O) groups excluding carboxylic acids is 1. The molecule has 0 spiro atoms. The molecule has 2 heterocycles. The number of benzene rings is 1. The molecule has 1 unspecified atom stereocenters. The van der Waals surface area contributed by atoms with Crippen LogP contribution in [0.4, 0.5) is 0 Å². The Kier molecular flexibility index (Phi) is 5.63. The maximum absolute atomic E-state index is 12.6. The van der Waals surface area contributed by atoms with Crippen LogP contribution in [-0.4, -0.2) is 66.1 Å². The van der Waals surface area contributed by atoms with Crippen molar-refractivity contribution in [2.24, 2.45) is 0 Å². The van der Waals surface area contributed by atoms with Gasteiger partial charge in [-0.15, -0.1) is 0 Å². The minimum absolute atomic E-state index is 0.143. The Morgan fingerprint density at radius 1 is 1.27 bits per heavy atom. The molecule has 3 rings (SSSR count). The average Bonchev–Trinajstić information content (AvgIpc) is 2.57. The lowest BCUT2D eigenvalue weighted by atomic mass is 10.1. The van der Waals surface area contributed by atoms with Gasteiger partial charge in [-0.1, -0.05) is 29.8 Å². The van der Waals surface area contributed by atoms with Crippen LogP contribution >= 0.6 is 23.4 Å². The lowest BCUT2D eigenvalue weighted by molar-refractivity contribution is -0.149. The zero-order chi connectivity index (χ0) is 15.4. The molecule has 0 radical (unpaired) electrons. The Labute approximate surface area is 140 Å². The van der Waals surface area contributed by atoms with Crippen molar-refractivity contribution in [3.8, 4) is 0 Å². The van der Waals surface area contributed by atoms with Gasteiger partial charge in [0.2, 0.25) is 0 Å². The lowest BCUT2D eigenvalue weighted by Crippen LogP contribution is -2.52. The number of hydrogen-bond acceptors (Lipinski definition) is 4. The van der Waals surface area contributed by atoms with Crippen LogP contribution in [0.15, 0.2) is 24.3 Å². The van der Waals surface area contributed by atoms with Gasteiger partial charge in [0.1, 0.15) is 6.10 Å². The van der Waals surface area contributed by atoms with E-state index in [0.717, 1.165) is 48.3 Å². The monoisotopic (exact) mass is 340 g/mol. The van der Waals surface area contributed by atoms with E-state index in [0.29, 0.717) is 13.2 Å². The van der Waals surface area contributed by atoms with Gasteiger partial charge in [0.25, 0.3) is 5.91 Å². The molecule has 22 heavy (non-hydrogen) atoms. The molecule has 0 aromatic heterocycles. The number of carbonyl (C=O) groups is 1. The van der Waals surface area contributed by atoms with Crippen molar-refractivity contribution in [3.63, 3.8) is 0 Å². The molecule has 0 saturated carbocycles. The van der Waals surface area contributed by atoms with E-state index in [9.17, 15) is 4.79 Å². The first-order chi connectivity index (χ1) is 10.7. The maximum atomic E-state index is 12.6. The van der Waals surface area contributed by atoms with E-state index >= 15 is 0 Å². The standard InChI is InChI=1S/C16H21ClN2O2S/c17-14-4-2-1-3-13(14)11-18-5-8-21-15(12-18)16(20)19-6-9-22-10-7-19/h1-4,15H,5-12H2. The van der Waals surface area contributed by atoms with Crippen molar-refractivity contribution < 1.29 is 9.53 Å². The summed E-state index contributed by atoms with van der Waals surface area (Å²) >= 11 is 8.14. The Hall–Kier alpha value is -0.750. The number of thioether (sulfide) groups is 1. The fourth-order valence-corrected chi connectivity index (χ4v) is 3.95. The van der Waals surface area contributed by atoms with Gasteiger partial charge in [0, 0.05) is 49.3 Å². The summed E-state index contributed by atoms with van der Waals surface area (Å²) in [5, 5.41) is 0.782. The number of hydrogen-bond donors (Lipinski definition) is 0. The highest BCUT2D eigenvalue weighted by atomic mass is 35.5. The fraction of sp³-hybridized carbons (Fsp3) is 0.562. The van der Waals surface area contributed by atoms with Crippen molar-refractivity contribution in [1.82, 2.24) is 9.80 Å². The normalized spacial score (nSPS) is 23.5. The van der Waals surface area contributed by atoms with Crippen LogP contribution in [0.5, 0.6) is 0 Å². The van der Waals surface area contributed by atoms with E-state index in [4.69, 9.17) is 16.3 Å². The molecule has 2 aliphatic rings. The molecule has 1 atom stereocenters. The molecule has 6 heteroatoms. The van der Waals surface area contributed by atoms with Gasteiger partial charge in [-0.05, 0) is 11.6 Å². The van der Waals surface area contributed by atoms with Crippen LogP contribution in [0.25, 0.3) is 0 Å². The lowest BCUT2D eigenvalue weighted by Gasteiger charge is -2.36. The predicted molar refractivity (Wildman–Crippen MR) is 90.4 cm³/mol. The zero-order valence-electron chi connectivity index (χ0n) is 12.5. The number of halogens is 1. The smallest absolute Gasteiger partial charge is 0.253 e. The van der Waals surface area contributed by atoms with E-state index in [1.54, 1.807) is 0 Å². The van der Waals surface area contributed by atoms with Crippen LogP contribution in [0.1, 0.15) is 5.56 Å². The third-order valence-electron chi connectivity index (χ3n) is 4.10. The zero-order valence-corrected chi connectivity index (χ0v) is 14.1. The van der Waals surface area contributed by atoms with Crippen LogP contribution in [-0.2, 0) is 16.1 Å². The first-order valence-corrected chi connectivity index (χ1v) is 9.21. The molecule has 2 aliphatic heterocycles. The van der Waals surface area contributed by atoms with Gasteiger partial charge >= 0.3 is 0 Å². The molecule has 0 N–H and O–H groups in total. The first-order valence-electron chi connectivity index (χ1n) is 7.68. The van der Waals surface area contributed by atoms with Crippen LogP contribution in [0, 0.1) is 0 Å². The summed E-state index contributed by atoms with van der Waals surface area (Å²) in [6.07, 6.45) is -0.334. The molecular formula is C16H21ClN2O2S. The molecule has 1 amide bonds. The molecule has 2 fully saturated rings. The highest BCUT2D eigenvalue weighted by Crippen LogP contribution is 2.19. The summed E-state index contributed by atoms with van der Waals surface area (Å²) in [6.45, 7) is 4.53. The van der Waals surface area contributed by atoms with Crippen molar-refractivity contribution in [2.45, 2.75) is 12.6 Å². The number of amides is 1. The second-order valence-electron chi connectivity index (χ2n) is 5.62. The summed E-state index contributed by atoms with van der Waals surface area (Å²) in [5.41, 5.74) is 1.10. The van der Waals surface area contributed by atoms with Gasteiger partial charge < -0.3 is 9.64 Å². The summed E-state index contributed by atoms with van der Waals surface area (Å²) in [6, 6.07) is 7.88.